The van der Waals surface area contributed by atoms with E-state index in [0.29, 0.717) is 43.1 Å². The first-order valence-corrected chi connectivity index (χ1v) is 10.0. The molecule has 1 aliphatic heterocycles. The van der Waals surface area contributed by atoms with Crippen molar-refractivity contribution < 1.29 is 14.3 Å². The van der Waals surface area contributed by atoms with Gasteiger partial charge in [0.25, 0.3) is 11.8 Å². The van der Waals surface area contributed by atoms with E-state index in [9.17, 15) is 9.59 Å². The second-order valence-corrected chi connectivity index (χ2v) is 7.23. The lowest BCUT2D eigenvalue weighted by Crippen LogP contribution is -2.50. The third-order valence-corrected chi connectivity index (χ3v) is 5.43. The Bertz CT molecular complexity index is 1020. The summed E-state index contributed by atoms with van der Waals surface area (Å²) in [6.07, 6.45) is 0. The molecule has 1 fully saturated rings. The Labute approximate surface area is 176 Å². The maximum Gasteiger partial charge on any atom is 0.257 e. The summed E-state index contributed by atoms with van der Waals surface area (Å²) >= 11 is 0. The van der Waals surface area contributed by atoms with Gasteiger partial charge in [-0.1, -0.05) is 54.6 Å². The molecule has 0 bridgehead atoms. The van der Waals surface area contributed by atoms with Gasteiger partial charge in [-0.2, -0.15) is 0 Å². The Morgan fingerprint density at radius 1 is 0.667 bits per heavy atom. The second-order valence-electron chi connectivity index (χ2n) is 7.23. The van der Waals surface area contributed by atoms with Crippen LogP contribution >= 0.6 is 0 Å². The Hall–Kier alpha value is -3.60. The summed E-state index contributed by atoms with van der Waals surface area (Å²) in [6.45, 7) is 2.04. The van der Waals surface area contributed by atoms with Crippen molar-refractivity contribution in [1.29, 1.82) is 0 Å². The van der Waals surface area contributed by atoms with Crippen LogP contribution in [-0.4, -0.2) is 54.9 Å². The van der Waals surface area contributed by atoms with Crippen molar-refractivity contribution in [3.8, 4) is 16.9 Å². The Morgan fingerprint density at radius 3 is 1.83 bits per heavy atom. The van der Waals surface area contributed by atoms with Gasteiger partial charge in [0.05, 0.1) is 12.7 Å². The van der Waals surface area contributed by atoms with Crippen LogP contribution in [0.4, 0.5) is 0 Å². The van der Waals surface area contributed by atoms with Gasteiger partial charge in [-0.3, -0.25) is 9.59 Å². The van der Waals surface area contributed by atoms with E-state index >= 15 is 0 Å². The highest BCUT2D eigenvalue weighted by atomic mass is 16.5. The van der Waals surface area contributed by atoms with Gasteiger partial charge < -0.3 is 14.5 Å². The molecule has 0 aliphatic carbocycles. The third kappa shape index (κ3) is 4.06. The first-order valence-electron chi connectivity index (χ1n) is 10.0. The van der Waals surface area contributed by atoms with Gasteiger partial charge in [-0.05, 0) is 35.4 Å². The minimum Gasteiger partial charge on any atom is -0.496 e. The highest BCUT2D eigenvalue weighted by Crippen LogP contribution is 2.22. The second kappa shape index (κ2) is 8.82. The van der Waals surface area contributed by atoms with E-state index in [1.807, 2.05) is 59.5 Å². The predicted octanol–water partition coefficient (Wildman–Crippen LogP) is 3.96. The molecule has 5 nitrogen and oxygen atoms in total. The molecule has 4 rings (SSSR count). The Morgan fingerprint density at radius 2 is 1.20 bits per heavy atom. The molecular weight excluding hydrogens is 376 g/mol. The summed E-state index contributed by atoms with van der Waals surface area (Å²) in [4.78, 5) is 29.3. The summed E-state index contributed by atoms with van der Waals surface area (Å²) in [5, 5.41) is 0. The van der Waals surface area contributed by atoms with Crippen LogP contribution in [0.3, 0.4) is 0 Å². The number of hydrogen-bond acceptors (Lipinski definition) is 3. The van der Waals surface area contributed by atoms with E-state index in [2.05, 4.69) is 12.1 Å². The molecule has 0 spiro atoms. The Kier molecular flexibility index (Phi) is 5.80. The highest BCUT2D eigenvalue weighted by Gasteiger charge is 2.26. The number of benzene rings is 3. The van der Waals surface area contributed by atoms with Crippen LogP contribution in [0, 0.1) is 0 Å². The minimum absolute atomic E-state index is 0.000924. The van der Waals surface area contributed by atoms with Crippen LogP contribution in [0.25, 0.3) is 11.1 Å². The van der Waals surface area contributed by atoms with Crippen LogP contribution in [0.1, 0.15) is 20.7 Å². The molecule has 30 heavy (non-hydrogen) atoms. The lowest BCUT2D eigenvalue weighted by Gasteiger charge is -2.35. The van der Waals surface area contributed by atoms with Crippen molar-refractivity contribution in [3.63, 3.8) is 0 Å². The zero-order chi connectivity index (χ0) is 20.9. The van der Waals surface area contributed by atoms with Crippen molar-refractivity contribution in [3.05, 3.63) is 90.0 Å². The normalized spacial score (nSPS) is 13.8. The number of methoxy groups -OCH3 is 1. The number of rotatable bonds is 4. The zero-order valence-corrected chi connectivity index (χ0v) is 17.0. The topological polar surface area (TPSA) is 49.9 Å². The summed E-state index contributed by atoms with van der Waals surface area (Å²) in [7, 11) is 1.56. The molecule has 2 amide bonds. The molecule has 152 valence electrons. The molecule has 5 heteroatoms. The van der Waals surface area contributed by atoms with Gasteiger partial charge in [0.15, 0.2) is 0 Å². The van der Waals surface area contributed by atoms with Crippen molar-refractivity contribution in [1.82, 2.24) is 9.80 Å². The number of hydrogen-bond donors (Lipinski definition) is 0. The van der Waals surface area contributed by atoms with Crippen LogP contribution in [0.5, 0.6) is 5.75 Å². The molecule has 0 atom stereocenters. The first kappa shape index (κ1) is 19.7. The van der Waals surface area contributed by atoms with Crippen molar-refractivity contribution >= 4 is 11.8 Å². The minimum atomic E-state index is -0.0632. The largest absolute Gasteiger partial charge is 0.496 e. The monoisotopic (exact) mass is 400 g/mol. The van der Waals surface area contributed by atoms with Crippen LogP contribution in [0.2, 0.25) is 0 Å². The summed E-state index contributed by atoms with van der Waals surface area (Å²) in [5.41, 5.74) is 3.43. The highest BCUT2D eigenvalue weighted by molar-refractivity contribution is 5.98. The molecule has 0 N–H and O–H groups in total. The van der Waals surface area contributed by atoms with Gasteiger partial charge >= 0.3 is 0 Å². The van der Waals surface area contributed by atoms with Crippen LogP contribution < -0.4 is 4.74 Å². The number of carbonyl (C=O) groups is 2. The molecule has 0 aromatic heterocycles. The van der Waals surface area contributed by atoms with Crippen molar-refractivity contribution in [2.45, 2.75) is 0 Å². The van der Waals surface area contributed by atoms with Crippen molar-refractivity contribution in [2.75, 3.05) is 33.3 Å². The Balaban J connectivity index is 1.39. The first-order chi connectivity index (χ1) is 14.7. The van der Waals surface area contributed by atoms with E-state index < -0.39 is 0 Å². The smallest absolute Gasteiger partial charge is 0.257 e. The van der Waals surface area contributed by atoms with E-state index in [4.69, 9.17) is 4.74 Å². The lowest BCUT2D eigenvalue weighted by atomic mass is 10.0. The number of nitrogens with zero attached hydrogens (tertiary/aromatic N) is 2. The van der Waals surface area contributed by atoms with Gasteiger partial charge in [0.1, 0.15) is 5.75 Å². The molecule has 1 aliphatic rings. The van der Waals surface area contributed by atoms with E-state index in [1.165, 1.54) is 0 Å². The fourth-order valence-corrected chi connectivity index (χ4v) is 3.72. The third-order valence-electron chi connectivity index (χ3n) is 5.43. The van der Waals surface area contributed by atoms with E-state index in [1.54, 1.807) is 24.1 Å². The molecule has 3 aromatic carbocycles. The predicted molar refractivity (Wildman–Crippen MR) is 117 cm³/mol. The van der Waals surface area contributed by atoms with Gasteiger partial charge in [-0.15, -0.1) is 0 Å². The molecule has 1 heterocycles. The average molecular weight is 400 g/mol. The summed E-state index contributed by atoms with van der Waals surface area (Å²) in [6, 6.07) is 25.0. The molecular formula is C25H24N2O3. The molecule has 1 saturated heterocycles. The van der Waals surface area contributed by atoms with Gasteiger partial charge in [-0.25, -0.2) is 0 Å². The molecule has 0 radical (unpaired) electrons. The van der Waals surface area contributed by atoms with E-state index in [-0.39, 0.29) is 11.8 Å². The maximum absolute atomic E-state index is 12.9. The quantitative estimate of drug-likeness (QED) is 0.666. The summed E-state index contributed by atoms with van der Waals surface area (Å²) < 4.78 is 5.30. The van der Waals surface area contributed by atoms with Crippen LogP contribution in [-0.2, 0) is 0 Å². The number of piperazine rings is 1. The SMILES string of the molecule is COc1ccccc1C(=O)N1CCN(C(=O)c2ccc(-c3ccccc3)cc2)CC1. The molecule has 0 unspecified atom stereocenters. The fourth-order valence-electron chi connectivity index (χ4n) is 3.72. The number of carbonyl (C=O) groups excluding carboxylic acids is 2. The lowest BCUT2D eigenvalue weighted by molar-refractivity contribution is 0.0533. The average Bonchev–Trinajstić information content (AvgIpc) is 2.84. The van der Waals surface area contributed by atoms with Gasteiger partial charge in [0, 0.05) is 31.7 Å². The van der Waals surface area contributed by atoms with Crippen LogP contribution in [0.15, 0.2) is 78.9 Å². The molecule has 0 saturated carbocycles. The van der Waals surface area contributed by atoms with Crippen molar-refractivity contribution in [2.24, 2.45) is 0 Å². The van der Waals surface area contributed by atoms with Gasteiger partial charge in [0.2, 0.25) is 0 Å². The maximum atomic E-state index is 12.9. The summed E-state index contributed by atoms with van der Waals surface area (Å²) in [5.74, 6) is 0.505. The number of ether oxygens (including phenoxy) is 1. The fraction of sp³-hybridized carbons (Fsp3) is 0.200. The van der Waals surface area contributed by atoms with E-state index in [0.717, 1.165) is 11.1 Å². The zero-order valence-electron chi connectivity index (χ0n) is 17.0. The standard InChI is InChI=1S/C25H24N2O3/c1-30-23-10-6-5-9-22(23)25(29)27-17-15-26(16-18-27)24(28)21-13-11-20(12-14-21)19-7-3-2-4-8-19/h2-14H,15-18H2,1H3. The molecule has 3 aromatic rings. The number of para-hydroxylation sites is 1. The number of amides is 2.